The van der Waals surface area contributed by atoms with Gasteiger partial charge in [0.15, 0.2) is 0 Å². The van der Waals surface area contributed by atoms with E-state index in [1.165, 1.54) is 0 Å². The Morgan fingerprint density at radius 3 is 1.40 bits per heavy atom. The van der Waals surface area contributed by atoms with Crippen molar-refractivity contribution in [1.29, 1.82) is 0 Å². The van der Waals surface area contributed by atoms with E-state index in [-0.39, 0.29) is 23.1 Å². The van der Waals surface area contributed by atoms with E-state index in [4.69, 9.17) is 4.55 Å². The second-order valence-electron chi connectivity index (χ2n) is 2.13. The largest absolute Gasteiger partial charge is 2.00 e. The van der Waals surface area contributed by atoms with Crippen molar-refractivity contribution in [3.8, 4) is 0 Å². The van der Waals surface area contributed by atoms with Crippen molar-refractivity contribution in [3.05, 3.63) is 6.92 Å². The third-order valence-corrected chi connectivity index (χ3v) is 0. The van der Waals surface area contributed by atoms with Gasteiger partial charge in [-0.05, 0) is 0 Å². The van der Waals surface area contributed by atoms with Crippen LogP contribution in [0, 0.1) is 12.8 Å². The van der Waals surface area contributed by atoms with E-state index in [0.717, 1.165) is 0 Å². The standard InChI is InChI=1S/C4H9.CH4O3S.Mg/c1-4(2)3;1-5(2,3)4;/h4H,1H2,2-3H3;1H3,(H,2,3,4);/q-1;;+2. The van der Waals surface area contributed by atoms with Gasteiger partial charge in [-0.3, -0.25) is 4.55 Å². The first kappa shape index (κ1) is 17.0. The fraction of sp³-hybridized carbons (Fsp3) is 0.800. The van der Waals surface area contributed by atoms with E-state index in [1.54, 1.807) is 0 Å². The first-order valence-corrected chi connectivity index (χ1v) is 4.34. The minimum Gasteiger partial charge on any atom is -0.341 e. The summed E-state index contributed by atoms with van der Waals surface area (Å²) in [4.78, 5) is 0. The zero-order chi connectivity index (χ0) is 8.08. The predicted molar refractivity (Wildman–Crippen MR) is 43.4 cm³/mol. The Labute approximate surface area is 79.1 Å². The smallest absolute Gasteiger partial charge is 0.341 e. The van der Waals surface area contributed by atoms with Gasteiger partial charge in [-0.1, -0.05) is 13.8 Å². The minimum absolute atomic E-state index is 0. The van der Waals surface area contributed by atoms with Crippen molar-refractivity contribution in [2.24, 2.45) is 5.92 Å². The molecule has 0 aliphatic carbocycles. The molecule has 0 radical (unpaired) electrons. The molecule has 10 heavy (non-hydrogen) atoms. The number of hydrogen-bond acceptors (Lipinski definition) is 2. The maximum Gasteiger partial charge on any atom is 2.00 e. The summed E-state index contributed by atoms with van der Waals surface area (Å²) in [5.41, 5.74) is 0. The molecule has 0 heterocycles. The van der Waals surface area contributed by atoms with Crippen molar-refractivity contribution in [2.45, 2.75) is 13.8 Å². The molecule has 0 atom stereocenters. The van der Waals surface area contributed by atoms with Crippen LogP contribution in [0.2, 0.25) is 0 Å². The average molecular weight is 178 g/mol. The molecule has 3 nitrogen and oxygen atoms in total. The molecule has 0 amide bonds. The van der Waals surface area contributed by atoms with Crippen LogP contribution in [0.25, 0.3) is 0 Å². The van der Waals surface area contributed by atoms with Gasteiger partial charge >= 0.3 is 23.1 Å². The molecule has 0 unspecified atom stereocenters. The van der Waals surface area contributed by atoms with E-state index in [1.807, 2.05) is 0 Å². The zero-order valence-electron chi connectivity index (χ0n) is 6.66. The van der Waals surface area contributed by atoms with Gasteiger partial charge in [-0.15, -0.1) is 0 Å². The molecule has 0 spiro atoms. The number of rotatable bonds is 0. The van der Waals surface area contributed by atoms with Crippen LogP contribution in [0.15, 0.2) is 0 Å². The maximum absolute atomic E-state index is 9.19. The zero-order valence-corrected chi connectivity index (χ0v) is 8.89. The Bertz CT molecular complexity index is 128. The summed E-state index contributed by atoms with van der Waals surface area (Å²) >= 11 is 0. The summed E-state index contributed by atoms with van der Waals surface area (Å²) in [6, 6.07) is 0. The molecule has 58 valence electrons. The van der Waals surface area contributed by atoms with Crippen molar-refractivity contribution in [2.75, 3.05) is 6.26 Å². The van der Waals surface area contributed by atoms with Crippen LogP contribution in [-0.2, 0) is 10.1 Å². The van der Waals surface area contributed by atoms with Crippen LogP contribution in [0.4, 0.5) is 0 Å². The van der Waals surface area contributed by atoms with Crippen molar-refractivity contribution < 1.29 is 13.0 Å². The fourth-order valence-electron chi connectivity index (χ4n) is 0. The molecule has 5 heteroatoms. The van der Waals surface area contributed by atoms with Gasteiger partial charge in [0.1, 0.15) is 0 Å². The predicted octanol–water partition coefficient (Wildman–Crippen LogP) is 0.600. The van der Waals surface area contributed by atoms with Crippen LogP contribution in [-0.4, -0.2) is 42.3 Å². The van der Waals surface area contributed by atoms with Crippen LogP contribution in [0.5, 0.6) is 0 Å². The molecular weight excluding hydrogens is 164 g/mol. The topological polar surface area (TPSA) is 54.4 Å². The molecule has 0 aromatic carbocycles. The van der Waals surface area contributed by atoms with Gasteiger partial charge < -0.3 is 6.92 Å². The second-order valence-corrected chi connectivity index (χ2v) is 3.59. The molecule has 0 fully saturated rings. The first-order valence-electron chi connectivity index (χ1n) is 2.49. The van der Waals surface area contributed by atoms with Gasteiger partial charge in [0.25, 0.3) is 10.1 Å². The first-order chi connectivity index (χ1) is 3.73. The summed E-state index contributed by atoms with van der Waals surface area (Å²) in [5, 5.41) is 0. The summed E-state index contributed by atoms with van der Waals surface area (Å²) < 4.78 is 25.9. The van der Waals surface area contributed by atoms with Gasteiger partial charge in [-0.2, -0.15) is 14.3 Å². The van der Waals surface area contributed by atoms with Gasteiger partial charge in [0.2, 0.25) is 0 Å². The summed E-state index contributed by atoms with van der Waals surface area (Å²) in [6.07, 6.45) is 0.715. The minimum atomic E-state index is -3.67. The molecule has 0 aromatic rings. The third kappa shape index (κ3) is 1120. The molecule has 0 aliphatic rings. The normalized spacial score (nSPS) is 9.40. The van der Waals surface area contributed by atoms with Crippen LogP contribution in [0.3, 0.4) is 0 Å². The van der Waals surface area contributed by atoms with Crippen molar-refractivity contribution >= 4 is 33.2 Å². The Kier molecular flexibility index (Phi) is 13.2. The molecule has 0 saturated carbocycles. The monoisotopic (exact) mass is 177 g/mol. The summed E-state index contributed by atoms with van der Waals surface area (Å²) in [7, 11) is -3.67. The van der Waals surface area contributed by atoms with E-state index < -0.39 is 10.1 Å². The van der Waals surface area contributed by atoms with Gasteiger partial charge in [0, 0.05) is 0 Å². The van der Waals surface area contributed by atoms with E-state index in [0.29, 0.717) is 12.2 Å². The Hall–Kier alpha value is 0.676. The third-order valence-electron chi connectivity index (χ3n) is 0. The van der Waals surface area contributed by atoms with E-state index >= 15 is 0 Å². The molecule has 0 saturated heterocycles. The van der Waals surface area contributed by atoms with Gasteiger partial charge in [0.05, 0.1) is 6.26 Å². The fourth-order valence-corrected chi connectivity index (χ4v) is 0. The molecule has 0 rings (SSSR count). The Balaban J connectivity index is -0.0000000910. The SMILES string of the molecule is CS(=O)(=O)O.[CH2-]C(C)C.[Mg+2]. The van der Waals surface area contributed by atoms with E-state index in [2.05, 4.69) is 20.8 Å². The van der Waals surface area contributed by atoms with Gasteiger partial charge in [-0.25, -0.2) is 0 Å². The van der Waals surface area contributed by atoms with E-state index in [9.17, 15) is 8.42 Å². The second kappa shape index (κ2) is 7.78. The Morgan fingerprint density at radius 2 is 1.40 bits per heavy atom. The van der Waals surface area contributed by atoms with Crippen LogP contribution in [0.1, 0.15) is 13.8 Å². The summed E-state index contributed by atoms with van der Waals surface area (Å²) in [5.74, 6) is 0.583. The quantitative estimate of drug-likeness (QED) is 0.335. The van der Waals surface area contributed by atoms with Crippen molar-refractivity contribution in [3.63, 3.8) is 0 Å². The Morgan fingerprint density at radius 1 is 1.40 bits per heavy atom. The van der Waals surface area contributed by atoms with Crippen LogP contribution >= 0.6 is 0 Å². The molecular formula is C5H13MgO3S+. The average Bonchev–Trinajstić information content (AvgIpc) is 1.19. The molecule has 0 bridgehead atoms. The van der Waals surface area contributed by atoms with Crippen molar-refractivity contribution in [1.82, 2.24) is 0 Å². The molecule has 1 N–H and O–H groups in total. The maximum atomic E-state index is 9.19. The summed E-state index contributed by atoms with van der Waals surface area (Å²) in [6.45, 7) is 7.75. The molecule has 0 aliphatic heterocycles. The molecule has 0 aromatic heterocycles. The van der Waals surface area contributed by atoms with Crippen LogP contribution < -0.4 is 0 Å². The number of hydrogen-bond donors (Lipinski definition) is 1.